The molecule has 0 amide bonds. The second-order valence-electron chi connectivity index (χ2n) is 4.70. The smallest absolute Gasteiger partial charge is 0.269 e. The quantitative estimate of drug-likeness (QED) is 0.611. The monoisotopic (exact) mass is 360 g/mol. The predicted molar refractivity (Wildman–Crippen MR) is 94.1 cm³/mol. The Kier molecular flexibility index (Phi) is 11.8. The Morgan fingerprint density at radius 1 is 1.42 bits per heavy atom. The first-order chi connectivity index (χ1) is 11.2. The van der Waals surface area contributed by atoms with E-state index in [1.165, 1.54) is 20.9 Å². The van der Waals surface area contributed by atoms with E-state index in [1.807, 2.05) is 19.9 Å². The lowest BCUT2D eigenvalue weighted by Gasteiger charge is -2.18. The molecule has 0 fully saturated rings. The van der Waals surface area contributed by atoms with Crippen LogP contribution >= 0.6 is 0 Å². The van der Waals surface area contributed by atoms with Crippen LogP contribution in [0.4, 0.5) is 10.1 Å². The van der Waals surface area contributed by atoms with Crippen LogP contribution in [0.3, 0.4) is 0 Å². The van der Waals surface area contributed by atoms with E-state index in [0.717, 1.165) is 18.2 Å². The summed E-state index contributed by atoms with van der Waals surface area (Å²) in [4.78, 5) is 9.99. The van der Waals surface area contributed by atoms with E-state index in [1.54, 1.807) is 0 Å². The van der Waals surface area contributed by atoms with E-state index in [0.29, 0.717) is 0 Å². The minimum atomic E-state index is -1.61. The van der Waals surface area contributed by atoms with Crippen LogP contribution in [0.1, 0.15) is 39.3 Å². The maximum Gasteiger partial charge on any atom is 0.269 e. The van der Waals surface area contributed by atoms with Crippen LogP contribution in [0.5, 0.6) is 0 Å². The summed E-state index contributed by atoms with van der Waals surface area (Å²) < 4.78 is 24.5. The van der Waals surface area contributed by atoms with Crippen molar-refractivity contribution in [2.24, 2.45) is 11.5 Å². The van der Waals surface area contributed by atoms with Gasteiger partial charge in [-0.2, -0.15) is 5.26 Å². The summed E-state index contributed by atoms with van der Waals surface area (Å²) in [5, 5.41) is 19.5. The van der Waals surface area contributed by atoms with Crippen LogP contribution in [0.15, 0.2) is 18.2 Å². The molecule has 1 aromatic carbocycles. The van der Waals surface area contributed by atoms with Crippen LogP contribution in [0, 0.1) is 27.3 Å². The van der Waals surface area contributed by atoms with Crippen LogP contribution in [0.25, 0.3) is 0 Å². The molecule has 0 saturated heterocycles. The molecule has 2 unspecified atom stereocenters. The van der Waals surface area contributed by atoms with Crippen LogP contribution < -0.4 is 11.5 Å². The molecule has 0 bridgehead atoms. The van der Waals surface area contributed by atoms with Crippen molar-refractivity contribution >= 4 is 16.5 Å². The van der Waals surface area contributed by atoms with Crippen molar-refractivity contribution < 1.29 is 13.5 Å². The molecular formula is C15H25FN4O3S. The molecule has 24 heavy (non-hydrogen) atoms. The highest BCUT2D eigenvalue weighted by Crippen LogP contribution is 2.24. The van der Waals surface area contributed by atoms with E-state index >= 15 is 0 Å². The Morgan fingerprint density at radius 3 is 2.33 bits per heavy atom. The van der Waals surface area contributed by atoms with Gasteiger partial charge in [0.15, 0.2) is 0 Å². The molecule has 0 spiro atoms. The summed E-state index contributed by atoms with van der Waals surface area (Å²) in [6.45, 7) is 6.97. The number of nitrogens with two attached hydrogens (primary N) is 2. The molecule has 0 saturated carbocycles. The van der Waals surface area contributed by atoms with Crippen LogP contribution in [-0.2, 0) is 10.8 Å². The minimum Gasteiger partial charge on any atom is -0.333 e. The van der Waals surface area contributed by atoms with Gasteiger partial charge in [-0.05, 0) is 27.0 Å². The SMILES string of the molecule is CC.CC(C)(C#N)S(=O)CC(N)c1cc([N+](=O)[O-])ccc1F.CN. The van der Waals surface area contributed by atoms with Crippen molar-refractivity contribution in [3.8, 4) is 6.07 Å². The predicted octanol–water partition coefficient (Wildman–Crippen LogP) is 2.39. The fourth-order valence-electron chi connectivity index (χ4n) is 1.44. The summed E-state index contributed by atoms with van der Waals surface area (Å²) in [7, 11) is -0.109. The van der Waals surface area contributed by atoms with Crippen molar-refractivity contribution in [1.29, 1.82) is 5.26 Å². The van der Waals surface area contributed by atoms with Crippen LogP contribution in [-0.4, -0.2) is 26.7 Å². The van der Waals surface area contributed by atoms with Gasteiger partial charge in [0.05, 0.1) is 11.0 Å². The van der Waals surface area contributed by atoms with Crippen molar-refractivity contribution in [1.82, 2.24) is 0 Å². The number of nitro benzene ring substituents is 1. The molecule has 1 rings (SSSR count). The lowest BCUT2D eigenvalue weighted by Crippen LogP contribution is -2.31. The summed E-state index contributed by atoms with van der Waals surface area (Å²) in [5.41, 5.74) is 9.88. The Hall–Kier alpha value is -1.89. The maximum atomic E-state index is 13.6. The Morgan fingerprint density at radius 2 is 1.92 bits per heavy atom. The molecule has 4 N–H and O–H groups in total. The normalized spacial score (nSPS) is 12.5. The molecule has 136 valence electrons. The van der Waals surface area contributed by atoms with E-state index < -0.39 is 32.3 Å². The zero-order valence-electron chi connectivity index (χ0n) is 14.6. The average molecular weight is 360 g/mol. The second kappa shape index (κ2) is 11.6. The third-order valence-corrected chi connectivity index (χ3v) is 4.65. The summed E-state index contributed by atoms with van der Waals surface area (Å²) in [6, 6.07) is 3.91. The van der Waals surface area contributed by atoms with Gasteiger partial charge in [0.1, 0.15) is 10.6 Å². The molecular weight excluding hydrogens is 335 g/mol. The lowest BCUT2D eigenvalue weighted by molar-refractivity contribution is -0.385. The molecule has 7 nitrogen and oxygen atoms in total. The molecule has 0 aromatic heterocycles. The number of benzene rings is 1. The first-order valence-corrected chi connectivity index (χ1v) is 8.58. The largest absolute Gasteiger partial charge is 0.333 e. The highest BCUT2D eigenvalue weighted by molar-refractivity contribution is 7.86. The summed E-state index contributed by atoms with van der Waals surface area (Å²) in [6.07, 6.45) is 0. The number of hydrogen-bond donors (Lipinski definition) is 2. The van der Waals surface area contributed by atoms with Gasteiger partial charge in [-0.15, -0.1) is 0 Å². The lowest BCUT2D eigenvalue weighted by atomic mass is 10.1. The maximum absolute atomic E-state index is 13.6. The van der Waals surface area contributed by atoms with Gasteiger partial charge in [0, 0.05) is 40.3 Å². The molecule has 0 aliphatic heterocycles. The third kappa shape index (κ3) is 7.12. The van der Waals surface area contributed by atoms with E-state index in [-0.39, 0.29) is 17.0 Å². The van der Waals surface area contributed by atoms with Gasteiger partial charge in [-0.3, -0.25) is 14.3 Å². The van der Waals surface area contributed by atoms with Crippen molar-refractivity contribution in [3.05, 3.63) is 39.7 Å². The fraction of sp³-hybridized carbons (Fsp3) is 0.533. The number of rotatable bonds is 5. The number of non-ortho nitro benzene ring substituents is 1. The van der Waals surface area contributed by atoms with E-state index in [9.17, 15) is 18.7 Å². The zero-order chi connectivity index (χ0) is 19.5. The number of hydrogen-bond acceptors (Lipinski definition) is 6. The molecule has 9 heteroatoms. The highest BCUT2D eigenvalue weighted by atomic mass is 32.2. The first kappa shape index (κ1) is 24.4. The Labute approximate surface area is 144 Å². The van der Waals surface area contributed by atoms with Crippen molar-refractivity contribution in [2.45, 2.75) is 38.5 Å². The van der Waals surface area contributed by atoms with E-state index in [2.05, 4.69) is 5.73 Å². The molecule has 2 atom stereocenters. The van der Waals surface area contributed by atoms with Gasteiger partial charge < -0.3 is 11.5 Å². The average Bonchev–Trinajstić information content (AvgIpc) is 2.58. The topological polar surface area (TPSA) is 136 Å². The molecule has 0 aliphatic rings. The molecule has 0 radical (unpaired) electrons. The Bertz CT molecular complexity index is 603. The first-order valence-electron chi connectivity index (χ1n) is 7.26. The second-order valence-corrected chi connectivity index (χ2v) is 6.75. The van der Waals surface area contributed by atoms with Crippen LogP contribution in [0.2, 0.25) is 0 Å². The minimum absolute atomic E-state index is 0.0821. The standard InChI is InChI=1S/C12H14FN3O3S.C2H6.CH5N/c1-12(2,7-14)20(19)6-11(15)9-5-8(16(17)18)3-4-10(9)13;2*1-2/h3-5,11H,6,15H2,1-2H3;1-2H3;2H2,1H3. The molecule has 0 heterocycles. The van der Waals surface area contributed by atoms with Crippen molar-refractivity contribution in [3.63, 3.8) is 0 Å². The third-order valence-electron chi connectivity index (χ3n) is 2.76. The van der Waals surface area contributed by atoms with Gasteiger partial charge in [-0.25, -0.2) is 4.39 Å². The van der Waals surface area contributed by atoms with E-state index in [4.69, 9.17) is 11.0 Å². The fourth-order valence-corrected chi connectivity index (χ4v) is 2.47. The number of nitrogens with zero attached hydrogens (tertiary/aromatic N) is 2. The Balaban J connectivity index is 0. The van der Waals surface area contributed by atoms with Gasteiger partial charge in [0.2, 0.25) is 0 Å². The van der Waals surface area contributed by atoms with Crippen molar-refractivity contribution in [2.75, 3.05) is 12.8 Å². The van der Waals surface area contributed by atoms with Gasteiger partial charge in [0.25, 0.3) is 5.69 Å². The molecule has 0 aliphatic carbocycles. The number of nitriles is 1. The molecule has 1 aromatic rings. The summed E-state index contributed by atoms with van der Waals surface area (Å²) >= 11 is 0. The highest BCUT2D eigenvalue weighted by Gasteiger charge is 2.28. The van der Waals surface area contributed by atoms with Gasteiger partial charge in [-0.1, -0.05) is 13.8 Å². The van der Waals surface area contributed by atoms with Gasteiger partial charge >= 0.3 is 0 Å². The zero-order valence-corrected chi connectivity index (χ0v) is 15.4. The number of halogens is 1. The number of nitro groups is 1. The summed E-state index contributed by atoms with van der Waals surface area (Å²) in [5.74, 6) is -0.853.